The molecule has 0 spiro atoms. The second kappa shape index (κ2) is 2.78. The minimum atomic E-state index is 0.462. The zero-order chi connectivity index (χ0) is 9.99. The van der Waals surface area contributed by atoms with Gasteiger partial charge in [0.25, 0.3) is 0 Å². The van der Waals surface area contributed by atoms with Crippen LogP contribution in [-0.4, -0.2) is 23.4 Å². The van der Waals surface area contributed by atoms with Crippen LogP contribution in [0, 0.1) is 23.7 Å². The molecule has 4 fully saturated rings. The fraction of sp³-hybridized carbons (Fsp3) is 0.923. The van der Waals surface area contributed by atoms with Gasteiger partial charge in [0.1, 0.15) is 0 Å². The van der Waals surface area contributed by atoms with Crippen molar-refractivity contribution in [3.05, 3.63) is 0 Å². The summed E-state index contributed by atoms with van der Waals surface area (Å²) in [5, 5.41) is 0. The first-order valence-electron chi connectivity index (χ1n) is 6.65. The van der Waals surface area contributed by atoms with Crippen LogP contribution in [0.15, 0.2) is 0 Å². The molecule has 15 heavy (non-hydrogen) atoms. The highest BCUT2D eigenvalue weighted by atomic mass is 16.2. The predicted octanol–water partition coefficient (Wildman–Crippen LogP) is 2.04. The minimum Gasteiger partial charge on any atom is -0.339 e. The van der Waals surface area contributed by atoms with E-state index >= 15 is 0 Å². The van der Waals surface area contributed by atoms with Crippen molar-refractivity contribution < 1.29 is 4.79 Å². The molecule has 3 saturated carbocycles. The molecule has 2 nitrogen and oxygen atoms in total. The Kier molecular flexibility index (Phi) is 1.59. The third kappa shape index (κ3) is 0.982. The standard InChI is InChI=1S/C13H19NO/c15-13-12-9-5-4-8(6-9)11(12)7-14(13)10-2-1-3-10/h8-12H,1-7H2. The van der Waals surface area contributed by atoms with Gasteiger partial charge in [-0.25, -0.2) is 0 Å². The van der Waals surface area contributed by atoms with Crippen molar-refractivity contribution in [1.29, 1.82) is 0 Å². The molecular formula is C13H19NO. The molecule has 1 saturated heterocycles. The predicted molar refractivity (Wildman–Crippen MR) is 57.2 cm³/mol. The summed E-state index contributed by atoms with van der Waals surface area (Å²) in [5.74, 6) is 3.45. The third-order valence-electron chi connectivity index (χ3n) is 5.58. The maximum atomic E-state index is 12.3. The lowest BCUT2D eigenvalue weighted by atomic mass is 9.81. The number of hydrogen-bond donors (Lipinski definition) is 0. The van der Waals surface area contributed by atoms with Crippen LogP contribution >= 0.6 is 0 Å². The highest BCUT2D eigenvalue weighted by molar-refractivity contribution is 5.83. The molecule has 0 aromatic heterocycles. The molecule has 0 N–H and O–H groups in total. The van der Waals surface area contributed by atoms with Crippen LogP contribution in [-0.2, 0) is 4.79 Å². The molecule has 1 amide bonds. The van der Waals surface area contributed by atoms with Crippen molar-refractivity contribution in [2.24, 2.45) is 23.7 Å². The summed E-state index contributed by atoms with van der Waals surface area (Å²) in [6, 6.07) is 0.641. The number of rotatable bonds is 1. The zero-order valence-corrected chi connectivity index (χ0v) is 9.19. The zero-order valence-electron chi connectivity index (χ0n) is 9.19. The largest absolute Gasteiger partial charge is 0.339 e. The van der Waals surface area contributed by atoms with Gasteiger partial charge in [-0.2, -0.15) is 0 Å². The molecule has 82 valence electrons. The SMILES string of the molecule is O=C1C2C3CCC(C3)C2CN1C1CCC1. The monoisotopic (exact) mass is 205 g/mol. The fourth-order valence-corrected chi connectivity index (χ4v) is 4.59. The van der Waals surface area contributed by atoms with E-state index in [0.717, 1.165) is 24.3 Å². The smallest absolute Gasteiger partial charge is 0.226 e. The molecule has 2 heteroatoms. The molecule has 1 aliphatic heterocycles. The second-order valence-electron chi connectivity index (χ2n) is 6.10. The summed E-state index contributed by atoms with van der Waals surface area (Å²) >= 11 is 0. The summed E-state index contributed by atoms with van der Waals surface area (Å²) < 4.78 is 0. The first-order chi connectivity index (χ1) is 7.34. The van der Waals surface area contributed by atoms with E-state index in [0.29, 0.717) is 17.9 Å². The molecular weight excluding hydrogens is 186 g/mol. The maximum Gasteiger partial charge on any atom is 0.226 e. The van der Waals surface area contributed by atoms with Crippen LogP contribution < -0.4 is 0 Å². The van der Waals surface area contributed by atoms with Crippen molar-refractivity contribution in [3.63, 3.8) is 0 Å². The summed E-state index contributed by atoms with van der Waals surface area (Å²) in [6.07, 6.45) is 8.03. The Morgan fingerprint density at radius 2 is 1.87 bits per heavy atom. The lowest BCUT2D eigenvalue weighted by Gasteiger charge is -2.35. The first-order valence-corrected chi connectivity index (χ1v) is 6.65. The molecule has 0 aromatic rings. The highest BCUT2D eigenvalue weighted by Gasteiger charge is 2.57. The van der Waals surface area contributed by atoms with E-state index in [1.54, 1.807) is 0 Å². The first kappa shape index (κ1) is 8.60. The van der Waals surface area contributed by atoms with Gasteiger partial charge in [-0.3, -0.25) is 4.79 Å². The van der Waals surface area contributed by atoms with Crippen molar-refractivity contribution in [3.8, 4) is 0 Å². The number of nitrogens with zero attached hydrogens (tertiary/aromatic N) is 1. The second-order valence-corrected chi connectivity index (χ2v) is 6.10. The van der Waals surface area contributed by atoms with E-state index in [1.165, 1.54) is 38.5 Å². The Morgan fingerprint density at radius 1 is 1.07 bits per heavy atom. The van der Waals surface area contributed by atoms with Gasteiger partial charge in [0.2, 0.25) is 5.91 Å². The van der Waals surface area contributed by atoms with Gasteiger partial charge >= 0.3 is 0 Å². The van der Waals surface area contributed by atoms with Gasteiger partial charge in [-0.05, 0) is 56.3 Å². The number of hydrogen-bond acceptors (Lipinski definition) is 1. The average Bonchev–Trinajstić information content (AvgIpc) is 2.77. The number of fused-ring (bicyclic) bond motifs is 5. The number of likely N-dealkylation sites (tertiary alicyclic amines) is 1. The Hall–Kier alpha value is -0.530. The minimum absolute atomic E-state index is 0.462. The lowest BCUT2D eigenvalue weighted by molar-refractivity contribution is -0.135. The van der Waals surface area contributed by atoms with Gasteiger partial charge in [-0.15, -0.1) is 0 Å². The topological polar surface area (TPSA) is 20.3 Å². The van der Waals surface area contributed by atoms with E-state index < -0.39 is 0 Å². The van der Waals surface area contributed by atoms with Crippen molar-refractivity contribution in [2.75, 3.05) is 6.54 Å². The van der Waals surface area contributed by atoms with Crippen LogP contribution in [0.25, 0.3) is 0 Å². The molecule has 0 radical (unpaired) electrons. The van der Waals surface area contributed by atoms with Gasteiger partial charge in [0, 0.05) is 18.5 Å². The van der Waals surface area contributed by atoms with Crippen LogP contribution in [0.2, 0.25) is 0 Å². The fourth-order valence-electron chi connectivity index (χ4n) is 4.59. The maximum absolute atomic E-state index is 12.3. The molecule has 1 heterocycles. The van der Waals surface area contributed by atoms with Crippen LogP contribution in [0.1, 0.15) is 38.5 Å². The average molecular weight is 205 g/mol. The number of amides is 1. The van der Waals surface area contributed by atoms with E-state index in [2.05, 4.69) is 4.90 Å². The van der Waals surface area contributed by atoms with E-state index in [9.17, 15) is 4.79 Å². The van der Waals surface area contributed by atoms with Gasteiger partial charge < -0.3 is 4.90 Å². The van der Waals surface area contributed by atoms with Crippen molar-refractivity contribution in [1.82, 2.24) is 4.90 Å². The Morgan fingerprint density at radius 3 is 2.53 bits per heavy atom. The van der Waals surface area contributed by atoms with Crippen LogP contribution in [0.5, 0.6) is 0 Å². The van der Waals surface area contributed by atoms with Crippen LogP contribution in [0.3, 0.4) is 0 Å². The molecule has 0 aromatic carbocycles. The van der Waals surface area contributed by atoms with E-state index in [1.807, 2.05) is 0 Å². The summed E-state index contributed by atoms with van der Waals surface area (Å²) in [7, 11) is 0. The Balaban J connectivity index is 1.60. The van der Waals surface area contributed by atoms with Gasteiger partial charge in [0.15, 0.2) is 0 Å². The van der Waals surface area contributed by atoms with Gasteiger partial charge in [-0.1, -0.05) is 0 Å². The summed E-state index contributed by atoms with van der Waals surface area (Å²) in [4.78, 5) is 14.6. The Bertz CT molecular complexity index is 310. The Labute approximate surface area is 91.0 Å². The van der Waals surface area contributed by atoms with Crippen LogP contribution in [0.4, 0.5) is 0 Å². The number of carbonyl (C=O) groups excluding carboxylic acids is 1. The quantitative estimate of drug-likeness (QED) is 0.641. The van der Waals surface area contributed by atoms with Crippen molar-refractivity contribution >= 4 is 5.91 Å². The molecule has 4 aliphatic rings. The molecule has 3 aliphatic carbocycles. The molecule has 2 bridgehead atoms. The summed E-state index contributed by atoms with van der Waals surface area (Å²) in [6.45, 7) is 1.12. The summed E-state index contributed by atoms with van der Waals surface area (Å²) in [5.41, 5.74) is 0. The van der Waals surface area contributed by atoms with Gasteiger partial charge in [0.05, 0.1) is 0 Å². The third-order valence-corrected chi connectivity index (χ3v) is 5.58. The molecule has 4 rings (SSSR count). The molecule has 4 atom stereocenters. The van der Waals surface area contributed by atoms with E-state index in [-0.39, 0.29) is 0 Å². The highest BCUT2D eigenvalue weighted by Crippen LogP contribution is 2.56. The van der Waals surface area contributed by atoms with E-state index in [4.69, 9.17) is 0 Å². The van der Waals surface area contributed by atoms with Crippen molar-refractivity contribution in [2.45, 2.75) is 44.6 Å². The molecule has 4 unspecified atom stereocenters. The lowest BCUT2D eigenvalue weighted by Crippen LogP contribution is -2.42. The number of carbonyl (C=O) groups is 1. The normalized spacial score (nSPS) is 48.5.